The van der Waals surface area contributed by atoms with Crippen LogP contribution in [0.2, 0.25) is 0 Å². The van der Waals surface area contributed by atoms with Crippen molar-refractivity contribution >= 4 is 0 Å². The van der Waals surface area contributed by atoms with Gasteiger partial charge < -0.3 is 4.48 Å². The van der Waals surface area contributed by atoms with E-state index in [4.69, 9.17) is 5.26 Å². The Bertz CT molecular complexity index is 978. The van der Waals surface area contributed by atoms with Gasteiger partial charge >= 0.3 is 0 Å². The summed E-state index contributed by atoms with van der Waals surface area (Å²) >= 11 is 0. The summed E-state index contributed by atoms with van der Waals surface area (Å²) in [7, 11) is 2.44. The first-order chi connectivity index (χ1) is 15.1. The van der Waals surface area contributed by atoms with Gasteiger partial charge in [-0.25, -0.2) is 0 Å². The lowest BCUT2D eigenvalue weighted by molar-refractivity contribution is -1.03. The summed E-state index contributed by atoms with van der Waals surface area (Å²) < 4.78 is 1.18. The van der Waals surface area contributed by atoms with Gasteiger partial charge in [0.2, 0.25) is 0 Å². The fourth-order valence-corrected chi connectivity index (χ4v) is 7.85. The van der Waals surface area contributed by atoms with Crippen molar-refractivity contribution in [2.45, 2.75) is 62.4 Å². The number of likely N-dealkylation sites (tertiary alicyclic amines) is 1. The van der Waals surface area contributed by atoms with Gasteiger partial charge in [-0.3, -0.25) is 0 Å². The number of quaternary nitrogens is 1. The van der Waals surface area contributed by atoms with Crippen molar-refractivity contribution < 1.29 is 4.48 Å². The van der Waals surface area contributed by atoms with Crippen LogP contribution >= 0.6 is 0 Å². The molecule has 2 aliphatic carbocycles. The molecule has 5 atom stereocenters. The van der Waals surface area contributed by atoms with Crippen LogP contribution in [0.4, 0.5) is 0 Å². The topological polar surface area (TPSA) is 47.6 Å². The average Bonchev–Trinajstić information content (AvgIpc) is 3.19. The maximum absolute atomic E-state index is 10.6. The molecule has 0 aromatic heterocycles. The van der Waals surface area contributed by atoms with E-state index in [0.29, 0.717) is 17.8 Å². The summed E-state index contributed by atoms with van der Waals surface area (Å²) in [4.78, 5) is 0. The van der Waals surface area contributed by atoms with Crippen LogP contribution in [0.25, 0.3) is 0 Å². The van der Waals surface area contributed by atoms with Crippen molar-refractivity contribution in [1.82, 2.24) is 0 Å². The van der Waals surface area contributed by atoms with Crippen molar-refractivity contribution in [3.8, 4) is 12.1 Å². The number of benzene rings is 2. The highest BCUT2D eigenvalue weighted by molar-refractivity contribution is 5.46. The third-order valence-electron chi connectivity index (χ3n) is 9.11. The molecule has 1 saturated heterocycles. The summed E-state index contributed by atoms with van der Waals surface area (Å²) in [5.41, 5.74) is 2.17. The molecule has 0 radical (unpaired) electrons. The molecule has 2 aromatic rings. The van der Waals surface area contributed by atoms with Gasteiger partial charge in [0.25, 0.3) is 0 Å². The Labute approximate surface area is 186 Å². The molecule has 5 rings (SSSR count). The van der Waals surface area contributed by atoms with Crippen LogP contribution in [0.3, 0.4) is 0 Å². The first-order valence-corrected chi connectivity index (χ1v) is 11.8. The van der Waals surface area contributed by atoms with Crippen molar-refractivity contribution in [3.63, 3.8) is 0 Å². The Morgan fingerprint density at radius 3 is 2.16 bits per heavy atom. The Balaban J connectivity index is 1.43. The first-order valence-electron chi connectivity index (χ1n) is 11.8. The molecule has 3 nitrogen and oxygen atoms in total. The van der Waals surface area contributed by atoms with E-state index >= 15 is 0 Å². The number of hydrogen-bond acceptors (Lipinski definition) is 2. The van der Waals surface area contributed by atoms with E-state index in [1.54, 1.807) is 0 Å². The van der Waals surface area contributed by atoms with Crippen molar-refractivity contribution in [2.24, 2.45) is 11.3 Å². The number of rotatable bonds is 7. The first kappa shape index (κ1) is 20.3. The molecule has 158 valence electrons. The van der Waals surface area contributed by atoms with E-state index in [0.717, 1.165) is 42.6 Å². The summed E-state index contributed by atoms with van der Waals surface area (Å²) in [6.07, 6.45) is 7.79. The second-order valence-corrected chi connectivity index (χ2v) is 10.4. The number of nitriles is 2. The van der Waals surface area contributed by atoms with Crippen molar-refractivity contribution in [1.29, 1.82) is 10.5 Å². The molecular formula is C28H32N3+. The summed E-state index contributed by atoms with van der Waals surface area (Å²) in [5.74, 6) is 0.573. The van der Waals surface area contributed by atoms with Gasteiger partial charge in [0.1, 0.15) is 17.5 Å². The van der Waals surface area contributed by atoms with Crippen LogP contribution in [-0.2, 0) is 5.41 Å². The van der Waals surface area contributed by atoms with Gasteiger partial charge in [-0.05, 0) is 36.3 Å². The lowest BCUT2D eigenvalue weighted by Gasteiger charge is -2.71. The normalized spacial score (nSPS) is 33.2. The quantitative estimate of drug-likeness (QED) is 0.442. The van der Waals surface area contributed by atoms with E-state index in [1.807, 2.05) is 12.1 Å². The minimum atomic E-state index is -0.586. The van der Waals surface area contributed by atoms with E-state index in [2.05, 4.69) is 67.7 Å². The Morgan fingerprint density at radius 1 is 1.00 bits per heavy atom. The molecule has 2 unspecified atom stereocenters. The number of nitrogens with zero attached hydrogens (tertiary/aromatic N) is 3. The molecule has 0 bridgehead atoms. The highest BCUT2D eigenvalue weighted by Gasteiger charge is 2.77. The van der Waals surface area contributed by atoms with Gasteiger partial charge in [-0.1, -0.05) is 60.7 Å². The van der Waals surface area contributed by atoms with Crippen molar-refractivity contribution in [2.75, 3.05) is 13.6 Å². The predicted octanol–water partition coefficient (Wildman–Crippen LogP) is 5.58. The highest BCUT2D eigenvalue weighted by Crippen LogP contribution is 2.70. The molecule has 31 heavy (non-hydrogen) atoms. The number of piperidine rings is 1. The largest absolute Gasteiger partial charge is 0.320 e. The van der Waals surface area contributed by atoms with Crippen LogP contribution in [0.15, 0.2) is 60.7 Å². The molecule has 3 fully saturated rings. The van der Waals surface area contributed by atoms with E-state index in [9.17, 15) is 5.26 Å². The zero-order valence-electron chi connectivity index (χ0n) is 18.5. The standard InChI is InChI=1S/C28H32N3/c1-31(17-9-8-16-29)25-14-15-27(25)19-22(18-26(27)31)20-28(21-30,23-10-4-2-5-11-23)24-12-6-3-7-13-24/h2-7,10-13,22,25-26H,8-9,14-15,17-20H2,1H3/q+1/t22-,25-,26-,27?,31?/m0/s1. The minimum Gasteiger partial charge on any atom is -0.320 e. The second kappa shape index (κ2) is 7.51. The van der Waals surface area contributed by atoms with E-state index in [1.165, 1.54) is 30.2 Å². The molecule has 3 heteroatoms. The maximum atomic E-state index is 10.6. The predicted molar refractivity (Wildman–Crippen MR) is 122 cm³/mol. The van der Waals surface area contributed by atoms with Gasteiger partial charge in [0.05, 0.1) is 31.1 Å². The van der Waals surface area contributed by atoms with Crippen LogP contribution in [0.5, 0.6) is 0 Å². The molecule has 2 aromatic carbocycles. The zero-order chi connectivity index (χ0) is 21.5. The third-order valence-corrected chi connectivity index (χ3v) is 9.11. The van der Waals surface area contributed by atoms with Gasteiger partial charge in [-0.15, -0.1) is 0 Å². The Kier molecular flexibility index (Phi) is 4.91. The van der Waals surface area contributed by atoms with Gasteiger partial charge in [-0.2, -0.15) is 10.5 Å². The average molecular weight is 411 g/mol. The summed E-state index contributed by atoms with van der Waals surface area (Å²) in [6, 6.07) is 27.5. The van der Waals surface area contributed by atoms with Crippen LogP contribution in [0, 0.1) is 34.0 Å². The molecule has 2 saturated carbocycles. The molecule has 1 heterocycles. The van der Waals surface area contributed by atoms with E-state index in [-0.39, 0.29) is 0 Å². The van der Waals surface area contributed by atoms with Crippen molar-refractivity contribution in [3.05, 3.63) is 71.8 Å². The smallest absolute Gasteiger partial charge is 0.107 e. The Morgan fingerprint density at radius 2 is 1.65 bits per heavy atom. The molecule has 0 N–H and O–H groups in total. The number of hydrogen-bond donors (Lipinski definition) is 0. The molecule has 0 amide bonds. The Hall–Kier alpha value is -2.62. The summed E-state index contributed by atoms with van der Waals surface area (Å²) in [5, 5.41) is 19.6. The fraction of sp³-hybridized carbons (Fsp3) is 0.500. The van der Waals surface area contributed by atoms with Gasteiger partial charge in [0, 0.05) is 25.7 Å². The SMILES string of the molecule is C[N+]1(CCCC#N)[C@H]2CCC23C[C@@H](CC(C#N)(c2ccccc2)c2ccccc2)C[C@@H]31. The molecular weight excluding hydrogens is 378 g/mol. The lowest BCUT2D eigenvalue weighted by atomic mass is 9.51. The highest BCUT2D eigenvalue weighted by atomic mass is 15.5. The molecule has 1 spiro atoms. The second-order valence-electron chi connectivity index (χ2n) is 10.4. The molecule has 3 aliphatic rings. The monoisotopic (exact) mass is 410 g/mol. The van der Waals surface area contributed by atoms with Crippen LogP contribution in [-0.4, -0.2) is 30.2 Å². The van der Waals surface area contributed by atoms with Gasteiger partial charge in [0.15, 0.2) is 0 Å². The number of unbranched alkanes of at least 4 members (excludes halogenated alkanes) is 1. The summed E-state index contributed by atoms with van der Waals surface area (Å²) in [6.45, 7) is 1.14. The van der Waals surface area contributed by atoms with Crippen LogP contribution < -0.4 is 0 Å². The maximum Gasteiger partial charge on any atom is 0.107 e. The fourth-order valence-electron chi connectivity index (χ4n) is 7.85. The molecule has 1 aliphatic heterocycles. The third kappa shape index (κ3) is 2.87. The van der Waals surface area contributed by atoms with E-state index < -0.39 is 5.41 Å². The lowest BCUT2D eigenvalue weighted by Crippen LogP contribution is -2.83. The zero-order valence-corrected chi connectivity index (χ0v) is 18.5. The van der Waals surface area contributed by atoms with Crippen LogP contribution in [0.1, 0.15) is 56.1 Å². The minimum absolute atomic E-state index is 0.515.